The summed E-state index contributed by atoms with van der Waals surface area (Å²) in [5.74, 6) is 1.38. The largest absolute Gasteiger partial charge is 0.351 e. The van der Waals surface area contributed by atoms with Gasteiger partial charge in [0.15, 0.2) is 0 Å². The Labute approximate surface area is 157 Å². The Kier molecular flexibility index (Phi) is 4.65. The van der Waals surface area contributed by atoms with Gasteiger partial charge in [0.1, 0.15) is 6.33 Å². The molecule has 3 N–H and O–H groups in total. The molecule has 1 aliphatic rings. The molecule has 2 atom stereocenters. The molecule has 7 heteroatoms. The Bertz CT molecular complexity index is 946. The van der Waals surface area contributed by atoms with Crippen LogP contribution in [0.5, 0.6) is 0 Å². The van der Waals surface area contributed by atoms with Crippen LogP contribution >= 0.6 is 0 Å². The number of hydrogen-bond donors (Lipinski definition) is 3. The van der Waals surface area contributed by atoms with Gasteiger partial charge in [-0.25, -0.2) is 9.97 Å². The van der Waals surface area contributed by atoms with Crippen LogP contribution in [0.2, 0.25) is 0 Å². The third-order valence-electron chi connectivity index (χ3n) is 4.34. The molecule has 7 nitrogen and oxygen atoms in total. The van der Waals surface area contributed by atoms with Crippen LogP contribution in [0.25, 0.3) is 0 Å². The molecule has 0 saturated heterocycles. The molecule has 0 radical (unpaired) electrons. The van der Waals surface area contributed by atoms with Crippen LogP contribution in [0.15, 0.2) is 60.9 Å². The quantitative estimate of drug-likeness (QED) is 0.623. The predicted molar refractivity (Wildman–Crippen MR) is 105 cm³/mol. The molecular formula is C20H20N6O. The number of hydrogen-bond acceptors (Lipinski definition) is 6. The number of nitrogens with zero attached hydrogens (tertiary/aromatic N) is 3. The van der Waals surface area contributed by atoms with Gasteiger partial charge < -0.3 is 16.0 Å². The Hall–Kier alpha value is -3.48. The van der Waals surface area contributed by atoms with E-state index in [2.05, 4.69) is 55.2 Å². The van der Waals surface area contributed by atoms with E-state index in [4.69, 9.17) is 0 Å². The molecule has 3 aromatic rings. The maximum absolute atomic E-state index is 11.2. The number of carbonyl (C=O) groups excluding carboxylic acids is 1. The average molecular weight is 360 g/mol. The van der Waals surface area contributed by atoms with Crippen LogP contribution in [0, 0.1) is 0 Å². The molecule has 1 saturated carbocycles. The van der Waals surface area contributed by atoms with E-state index in [0.717, 1.165) is 12.1 Å². The molecule has 1 amide bonds. The standard InChI is InChI=1S/C20H20N6O/c1-13(27)23-15-8-5-9-16(10-15)24-19-21-12-22-20(26-19)25-18-11-17(18)14-6-3-2-4-7-14/h2-10,12,17-18H,11H2,1H3,(H,23,27)(H2,21,22,24,25,26). The van der Waals surface area contributed by atoms with Crippen LogP contribution in [0.4, 0.5) is 23.3 Å². The molecule has 0 bridgehead atoms. The fraction of sp³-hybridized carbons (Fsp3) is 0.200. The van der Waals surface area contributed by atoms with Crippen molar-refractivity contribution in [3.63, 3.8) is 0 Å². The van der Waals surface area contributed by atoms with Gasteiger partial charge in [-0.1, -0.05) is 36.4 Å². The molecule has 1 aliphatic carbocycles. The van der Waals surface area contributed by atoms with Gasteiger partial charge in [-0.3, -0.25) is 4.79 Å². The monoisotopic (exact) mass is 360 g/mol. The molecule has 0 spiro atoms. The van der Waals surface area contributed by atoms with Crippen molar-refractivity contribution in [1.82, 2.24) is 15.0 Å². The van der Waals surface area contributed by atoms with Crippen LogP contribution in [-0.2, 0) is 4.79 Å². The van der Waals surface area contributed by atoms with E-state index >= 15 is 0 Å². The number of aromatic nitrogens is 3. The maximum Gasteiger partial charge on any atom is 0.231 e. The molecule has 0 aliphatic heterocycles. The highest BCUT2D eigenvalue weighted by atomic mass is 16.1. The molecule has 27 heavy (non-hydrogen) atoms. The highest BCUT2D eigenvalue weighted by molar-refractivity contribution is 5.89. The van der Waals surface area contributed by atoms with Crippen molar-refractivity contribution in [2.24, 2.45) is 0 Å². The third-order valence-corrected chi connectivity index (χ3v) is 4.34. The third kappa shape index (κ3) is 4.38. The summed E-state index contributed by atoms with van der Waals surface area (Å²) in [5, 5.41) is 9.26. The predicted octanol–water partition coefficient (Wildman–Crippen LogP) is 3.54. The Balaban J connectivity index is 1.41. The van der Waals surface area contributed by atoms with Gasteiger partial charge in [-0.15, -0.1) is 0 Å². The first-order valence-corrected chi connectivity index (χ1v) is 8.82. The molecule has 1 fully saturated rings. The van der Waals surface area contributed by atoms with Crippen LogP contribution in [-0.4, -0.2) is 26.9 Å². The smallest absolute Gasteiger partial charge is 0.231 e. The minimum atomic E-state index is -0.115. The van der Waals surface area contributed by atoms with E-state index in [-0.39, 0.29) is 5.91 Å². The van der Waals surface area contributed by atoms with Gasteiger partial charge in [-0.2, -0.15) is 4.98 Å². The summed E-state index contributed by atoms with van der Waals surface area (Å²) in [7, 11) is 0. The summed E-state index contributed by atoms with van der Waals surface area (Å²) < 4.78 is 0. The van der Waals surface area contributed by atoms with Crippen LogP contribution < -0.4 is 16.0 Å². The van der Waals surface area contributed by atoms with Gasteiger partial charge in [0, 0.05) is 30.3 Å². The summed E-state index contributed by atoms with van der Waals surface area (Å²) in [4.78, 5) is 24.0. The fourth-order valence-electron chi connectivity index (χ4n) is 3.02. The number of amides is 1. The number of anilines is 4. The van der Waals surface area contributed by atoms with E-state index in [0.29, 0.717) is 29.5 Å². The first kappa shape index (κ1) is 17.0. The lowest BCUT2D eigenvalue weighted by atomic mass is 10.1. The van der Waals surface area contributed by atoms with Crippen molar-refractivity contribution < 1.29 is 4.79 Å². The first-order valence-electron chi connectivity index (χ1n) is 8.82. The molecular weight excluding hydrogens is 340 g/mol. The van der Waals surface area contributed by atoms with Crippen molar-refractivity contribution in [2.45, 2.75) is 25.3 Å². The lowest BCUT2D eigenvalue weighted by Gasteiger charge is -2.09. The first-order chi connectivity index (χ1) is 13.2. The normalized spacial score (nSPS) is 17.8. The van der Waals surface area contributed by atoms with Crippen LogP contribution in [0.1, 0.15) is 24.8 Å². The molecule has 136 valence electrons. The highest BCUT2D eigenvalue weighted by Crippen LogP contribution is 2.42. The van der Waals surface area contributed by atoms with Gasteiger partial charge in [-0.05, 0) is 30.2 Å². The Morgan fingerprint density at radius 1 is 1.00 bits per heavy atom. The second kappa shape index (κ2) is 7.41. The van der Waals surface area contributed by atoms with Crippen molar-refractivity contribution in [2.75, 3.05) is 16.0 Å². The average Bonchev–Trinajstić information content (AvgIpc) is 3.42. The van der Waals surface area contributed by atoms with Crippen LogP contribution in [0.3, 0.4) is 0 Å². The zero-order valence-electron chi connectivity index (χ0n) is 14.9. The zero-order valence-corrected chi connectivity index (χ0v) is 14.9. The van der Waals surface area contributed by atoms with E-state index < -0.39 is 0 Å². The van der Waals surface area contributed by atoms with Gasteiger partial charge in [0.2, 0.25) is 17.8 Å². The molecule has 1 heterocycles. The zero-order chi connectivity index (χ0) is 18.6. The highest BCUT2D eigenvalue weighted by Gasteiger charge is 2.38. The van der Waals surface area contributed by atoms with E-state index in [1.165, 1.54) is 18.8 Å². The second-order valence-corrected chi connectivity index (χ2v) is 6.52. The van der Waals surface area contributed by atoms with Crippen molar-refractivity contribution in [3.8, 4) is 0 Å². The SMILES string of the molecule is CC(=O)Nc1cccc(Nc2ncnc(NC3CC3c3ccccc3)n2)c1. The van der Waals surface area contributed by atoms with E-state index in [1.54, 1.807) is 0 Å². The minimum absolute atomic E-state index is 0.115. The number of rotatable bonds is 6. The van der Waals surface area contributed by atoms with Gasteiger partial charge >= 0.3 is 0 Å². The molecule has 1 aromatic heterocycles. The summed E-state index contributed by atoms with van der Waals surface area (Å²) in [6.07, 6.45) is 2.55. The van der Waals surface area contributed by atoms with Crippen molar-refractivity contribution >= 4 is 29.2 Å². The summed E-state index contributed by atoms with van der Waals surface area (Å²) in [5.41, 5.74) is 2.83. The fourth-order valence-corrected chi connectivity index (χ4v) is 3.02. The van der Waals surface area contributed by atoms with Crippen molar-refractivity contribution in [1.29, 1.82) is 0 Å². The topological polar surface area (TPSA) is 91.8 Å². The van der Waals surface area contributed by atoms with Gasteiger partial charge in [0.25, 0.3) is 0 Å². The summed E-state index contributed by atoms with van der Waals surface area (Å²) >= 11 is 0. The number of carbonyl (C=O) groups is 1. The number of nitrogens with one attached hydrogen (secondary N) is 3. The number of benzene rings is 2. The molecule has 2 unspecified atom stereocenters. The minimum Gasteiger partial charge on any atom is -0.351 e. The molecule has 2 aromatic carbocycles. The van der Waals surface area contributed by atoms with Gasteiger partial charge in [0.05, 0.1) is 0 Å². The summed E-state index contributed by atoms with van der Waals surface area (Å²) in [6.45, 7) is 1.48. The lowest BCUT2D eigenvalue weighted by Crippen LogP contribution is -2.09. The van der Waals surface area contributed by atoms with E-state index in [9.17, 15) is 4.79 Å². The Morgan fingerprint density at radius 3 is 2.59 bits per heavy atom. The second-order valence-electron chi connectivity index (χ2n) is 6.52. The Morgan fingerprint density at radius 2 is 1.78 bits per heavy atom. The van der Waals surface area contributed by atoms with Crippen molar-refractivity contribution in [3.05, 3.63) is 66.5 Å². The summed E-state index contributed by atoms with van der Waals surface area (Å²) in [6, 6.07) is 18.2. The lowest BCUT2D eigenvalue weighted by molar-refractivity contribution is -0.114. The maximum atomic E-state index is 11.2. The van der Waals surface area contributed by atoms with E-state index in [1.807, 2.05) is 30.3 Å². The molecule has 4 rings (SSSR count).